The number of halogens is 4. The van der Waals surface area contributed by atoms with Crippen molar-refractivity contribution in [3.63, 3.8) is 0 Å². The zero-order chi connectivity index (χ0) is 46.5. The van der Waals surface area contributed by atoms with E-state index >= 15 is 0 Å². The van der Waals surface area contributed by atoms with E-state index in [1.807, 2.05) is 0 Å². The van der Waals surface area contributed by atoms with E-state index in [2.05, 4.69) is 41.7 Å². The maximum Gasteiger partial charge on any atom is 0.258 e. The Morgan fingerprint density at radius 2 is 0.891 bits per heavy atom. The minimum absolute atomic E-state index is 0.0143. The number of ether oxygens (including phenoxy) is 2. The zero-order valence-electron chi connectivity index (χ0n) is 34.4. The molecule has 0 saturated heterocycles. The summed E-state index contributed by atoms with van der Waals surface area (Å²) in [4.78, 5) is 78.3. The number of carbonyl (C=O) groups excluding carboxylic acids is 6. The van der Waals surface area contributed by atoms with Crippen molar-refractivity contribution in [2.75, 3.05) is 35.5 Å². The molecule has 64 heavy (non-hydrogen) atoms. The molecule has 0 saturated carbocycles. The maximum atomic E-state index is 13.5. The Bertz CT molecular complexity index is 2460. The smallest absolute Gasteiger partial charge is 0.258 e. The van der Waals surface area contributed by atoms with Crippen LogP contribution in [0.5, 0.6) is 11.5 Å². The number of rotatable bonds is 18. The molecule has 0 aliphatic heterocycles. The molecular formula is C44H38Cl4N8O8. The molecule has 0 aliphatic carbocycles. The molecule has 0 aliphatic rings. The summed E-state index contributed by atoms with van der Waals surface area (Å²) in [6.45, 7) is 2.28. The molecule has 0 spiro atoms. The number of alkyl halides is 2. The van der Waals surface area contributed by atoms with E-state index in [1.54, 1.807) is 48.5 Å². The van der Waals surface area contributed by atoms with Crippen LogP contribution in [0.15, 0.2) is 118 Å². The van der Waals surface area contributed by atoms with Crippen LogP contribution in [0, 0.1) is 0 Å². The van der Waals surface area contributed by atoms with E-state index in [0.29, 0.717) is 23.1 Å². The van der Waals surface area contributed by atoms with Crippen molar-refractivity contribution in [1.29, 1.82) is 0 Å². The van der Waals surface area contributed by atoms with E-state index < -0.39 is 47.3 Å². The fourth-order valence-electron chi connectivity index (χ4n) is 5.74. The molecule has 0 bridgehead atoms. The number of Topliss-reactive ketones (excluding diaryl/α,β-unsaturated/α-hetero) is 2. The fourth-order valence-corrected chi connectivity index (χ4v) is 6.55. The van der Waals surface area contributed by atoms with Crippen molar-refractivity contribution >= 4 is 116 Å². The lowest BCUT2D eigenvalue weighted by Gasteiger charge is -2.19. The van der Waals surface area contributed by atoms with Crippen LogP contribution in [0.2, 0.25) is 10.0 Å². The van der Waals surface area contributed by atoms with Gasteiger partial charge in [-0.1, -0.05) is 47.5 Å². The highest BCUT2D eigenvalue weighted by Gasteiger charge is 2.28. The molecule has 4 N–H and O–H groups in total. The van der Waals surface area contributed by atoms with Crippen molar-refractivity contribution in [3.8, 4) is 11.5 Å². The molecule has 4 amide bonds. The second kappa shape index (κ2) is 22.6. The first kappa shape index (κ1) is 48.3. The summed E-state index contributed by atoms with van der Waals surface area (Å²) in [5.41, 5.74) is 3.24. The van der Waals surface area contributed by atoms with Crippen LogP contribution in [0.25, 0.3) is 0 Å². The van der Waals surface area contributed by atoms with Gasteiger partial charge in [0.15, 0.2) is 23.1 Å². The number of carbonyl (C=O) groups is 6. The van der Waals surface area contributed by atoms with Crippen LogP contribution in [-0.4, -0.2) is 61.5 Å². The number of nitrogens with one attached hydrogen (secondary N) is 4. The predicted octanol–water partition coefficient (Wildman–Crippen LogP) is 10.4. The Kier molecular flexibility index (Phi) is 17.0. The molecule has 0 heterocycles. The van der Waals surface area contributed by atoms with E-state index in [4.69, 9.17) is 55.9 Å². The van der Waals surface area contributed by atoms with Gasteiger partial charge in [0.05, 0.1) is 37.0 Å². The van der Waals surface area contributed by atoms with E-state index in [0.717, 1.165) is 25.0 Å². The molecule has 0 radical (unpaired) electrons. The van der Waals surface area contributed by atoms with Crippen LogP contribution in [0.4, 0.5) is 34.1 Å². The van der Waals surface area contributed by atoms with Crippen molar-refractivity contribution < 1.29 is 38.2 Å². The molecule has 0 fully saturated rings. The van der Waals surface area contributed by atoms with E-state index in [-0.39, 0.29) is 55.4 Å². The molecule has 16 nitrogen and oxygen atoms in total. The Labute approximate surface area is 386 Å². The number of amides is 4. The van der Waals surface area contributed by atoms with Gasteiger partial charge in [0, 0.05) is 44.3 Å². The predicted molar refractivity (Wildman–Crippen MR) is 246 cm³/mol. The Morgan fingerprint density at radius 3 is 1.20 bits per heavy atom. The van der Waals surface area contributed by atoms with Crippen molar-refractivity contribution in [2.45, 2.75) is 37.7 Å². The normalized spacial score (nSPS) is 12.0. The number of nitrogens with zero attached hydrogens (tertiary/aromatic N) is 4. The SMILES string of the molecule is COc1c(NC(=O)C(N=Nc2cc(Cl)cc(C(=O)Nc3ccc(CCl)cc3)c2)C(C)=O)ccc(NC(=O)C(N=Nc2cc(Cl)cc(C(=O)Nc3ccc(CCl)cc3)c2)C(C)=O)c1OC. The molecule has 5 aromatic carbocycles. The van der Waals surface area contributed by atoms with Crippen molar-refractivity contribution in [1.82, 2.24) is 0 Å². The topological polar surface area (TPSA) is 218 Å². The number of benzene rings is 5. The lowest BCUT2D eigenvalue weighted by Crippen LogP contribution is -2.32. The minimum Gasteiger partial charge on any atom is -0.491 e. The average Bonchev–Trinajstić information content (AvgIpc) is 3.26. The van der Waals surface area contributed by atoms with Crippen molar-refractivity contribution in [2.24, 2.45) is 20.5 Å². The maximum absolute atomic E-state index is 13.5. The molecule has 330 valence electrons. The highest BCUT2D eigenvalue weighted by atomic mass is 35.5. The van der Waals surface area contributed by atoms with Gasteiger partial charge >= 0.3 is 0 Å². The van der Waals surface area contributed by atoms with Gasteiger partial charge in [-0.15, -0.1) is 23.2 Å². The van der Waals surface area contributed by atoms with Crippen LogP contribution in [0.1, 0.15) is 45.7 Å². The molecule has 5 rings (SSSR count). The molecular weight excluding hydrogens is 910 g/mol. The summed E-state index contributed by atoms with van der Waals surface area (Å²) in [6, 6.07) is 21.6. The van der Waals surface area contributed by atoms with Crippen molar-refractivity contribution in [3.05, 3.63) is 129 Å². The Hall–Kier alpha value is -6.72. The summed E-state index contributed by atoms with van der Waals surface area (Å²) >= 11 is 24.2. The molecule has 2 atom stereocenters. The largest absolute Gasteiger partial charge is 0.491 e. The van der Waals surface area contributed by atoms with E-state index in [1.165, 1.54) is 62.8 Å². The zero-order valence-corrected chi connectivity index (χ0v) is 37.4. The average molecular weight is 949 g/mol. The van der Waals surface area contributed by atoms with Crippen LogP contribution >= 0.6 is 46.4 Å². The third-order valence-corrected chi connectivity index (χ3v) is 9.96. The first-order valence-corrected chi connectivity index (χ1v) is 20.7. The molecule has 5 aromatic rings. The van der Waals surface area contributed by atoms with Gasteiger partial charge in [0.2, 0.25) is 12.1 Å². The molecule has 2 unspecified atom stereocenters. The Balaban J connectivity index is 1.29. The summed E-state index contributed by atoms with van der Waals surface area (Å²) < 4.78 is 11.0. The summed E-state index contributed by atoms with van der Waals surface area (Å²) in [7, 11) is 2.54. The lowest BCUT2D eigenvalue weighted by molar-refractivity contribution is -0.127. The van der Waals surface area contributed by atoms with Crippen LogP contribution in [0.3, 0.4) is 0 Å². The fraction of sp³-hybridized carbons (Fsp3) is 0.182. The number of ketones is 2. The van der Waals surface area contributed by atoms with Gasteiger partial charge in [0.1, 0.15) is 0 Å². The summed E-state index contributed by atoms with van der Waals surface area (Å²) in [5.74, 6) is -3.68. The minimum atomic E-state index is -1.66. The van der Waals surface area contributed by atoms with Crippen LogP contribution < -0.4 is 30.7 Å². The number of anilines is 4. The first-order chi connectivity index (χ1) is 30.6. The number of azo groups is 2. The van der Waals surface area contributed by atoms with Gasteiger partial charge in [-0.05, 0) is 97.8 Å². The summed E-state index contributed by atoms with van der Waals surface area (Å²) in [5, 5.41) is 26.9. The monoisotopic (exact) mass is 946 g/mol. The number of hydrogen-bond acceptors (Lipinski definition) is 12. The van der Waals surface area contributed by atoms with Crippen LogP contribution in [-0.2, 0) is 30.9 Å². The second-order valence-electron chi connectivity index (χ2n) is 13.6. The number of hydrogen-bond donors (Lipinski definition) is 4. The Morgan fingerprint density at radius 1 is 0.531 bits per heavy atom. The number of methoxy groups -OCH3 is 2. The highest BCUT2D eigenvalue weighted by Crippen LogP contribution is 2.42. The quantitative estimate of drug-likeness (QED) is 0.0375. The van der Waals surface area contributed by atoms with Gasteiger partial charge in [-0.2, -0.15) is 20.5 Å². The molecule has 0 aromatic heterocycles. The van der Waals surface area contributed by atoms with E-state index in [9.17, 15) is 28.8 Å². The lowest BCUT2D eigenvalue weighted by atomic mass is 10.1. The van der Waals surface area contributed by atoms with Gasteiger partial charge in [-0.25, -0.2) is 0 Å². The standard InChI is InChI=1S/C44H38Cl4N8O8/c1-23(57)37(55-53-33-17-27(15-29(47)19-33)41(59)49-31-9-5-25(21-45)6-10-31)43(61)51-35-13-14-36(40(64-4)39(35)63-3)52-44(62)38(24(2)58)56-54-34-18-28(16-30(48)20-34)42(60)50-32-11-7-26(22-46)8-12-32/h5-20,37-38H,21-22H2,1-4H3,(H,49,59)(H,50,60)(H,51,61)(H,52,62). The summed E-state index contributed by atoms with van der Waals surface area (Å²) in [6.07, 6.45) is 0. The third kappa shape index (κ3) is 12.9. The molecule has 20 heteroatoms. The van der Waals surface area contributed by atoms with Gasteiger partial charge < -0.3 is 30.7 Å². The van der Waals surface area contributed by atoms with Gasteiger partial charge in [0.25, 0.3) is 23.6 Å². The second-order valence-corrected chi connectivity index (χ2v) is 15.0. The highest BCUT2D eigenvalue weighted by molar-refractivity contribution is 6.31. The third-order valence-electron chi connectivity index (χ3n) is 8.90. The van der Waals surface area contributed by atoms with Gasteiger partial charge in [-0.3, -0.25) is 28.8 Å². The first-order valence-electron chi connectivity index (χ1n) is 18.9.